The molecule has 2 aromatic carbocycles. The molecule has 1 heterocycles. The Morgan fingerprint density at radius 1 is 1.15 bits per heavy atom. The molecule has 0 radical (unpaired) electrons. The van der Waals surface area contributed by atoms with Crippen LogP contribution >= 0.6 is 23.2 Å². The van der Waals surface area contributed by atoms with Gasteiger partial charge in [-0.25, -0.2) is 0 Å². The molecule has 1 saturated heterocycles. The van der Waals surface area contributed by atoms with Crippen LogP contribution in [0.2, 0.25) is 10.0 Å². The molecular weight excluding hydrogens is 373 g/mol. The van der Waals surface area contributed by atoms with Gasteiger partial charge in [0, 0.05) is 28.5 Å². The van der Waals surface area contributed by atoms with E-state index in [0.29, 0.717) is 17.9 Å². The minimum Gasteiger partial charge on any atom is -0.291 e. The quantitative estimate of drug-likeness (QED) is 0.474. The summed E-state index contributed by atoms with van der Waals surface area (Å²) in [4.78, 5) is 2.65. The van der Waals surface area contributed by atoms with Crippen molar-refractivity contribution in [2.75, 3.05) is 6.54 Å². The molecule has 2 aromatic rings. The lowest BCUT2D eigenvalue weighted by Gasteiger charge is -2.55. The van der Waals surface area contributed by atoms with Crippen LogP contribution in [-0.4, -0.2) is 17.5 Å². The smallest absolute Gasteiger partial charge is 0.0503 e. The van der Waals surface area contributed by atoms with Gasteiger partial charge in [-0.1, -0.05) is 53.5 Å². The van der Waals surface area contributed by atoms with Gasteiger partial charge in [0.15, 0.2) is 0 Å². The first-order valence-corrected chi connectivity index (χ1v) is 10.5. The summed E-state index contributed by atoms with van der Waals surface area (Å²) < 4.78 is 0. The normalized spacial score (nSPS) is 26.3. The molecule has 1 fully saturated rings. The summed E-state index contributed by atoms with van der Waals surface area (Å²) in [6.45, 7) is 12.0. The maximum atomic E-state index is 6.37. The number of benzene rings is 2. The van der Waals surface area contributed by atoms with Crippen molar-refractivity contribution in [3.8, 4) is 0 Å². The summed E-state index contributed by atoms with van der Waals surface area (Å²) in [5, 5.41) is 1.57. The Balaban J connectivity index is 2.15. The fourth-order valence-electron chi connectivity index (χ4n) is 4.80. The van der Waals surface area contributed by atoms with Gasteiger partial charge in [0.25, 0.3) is 0 Å². The van der Waals surface area contributed by atoms with E-state index in [1.807, 2.05) is 18.2 Å². The van der Waals surface area contributed by atoms with E-state index in [2.05, 4.69) is 68.7 Å². The SMILES string of the molecule is C=CC[C@H]1C[C@H](c2cccc(Cl)c2)[C@@](C)(c2ccc(Cl)cc2)N(C(C)C)C1. The van der Waals surface area contributed by atoms with Crippen molar-refractivity contribution >= 4 is 23.2 Å². The molecule has 0 N–H and O–H groups in total. The summed E-state index contributed by atoms with van der Waals surface area (Å²) >= 11 is 12.6. The van der Waals surface area contributed by atoms with Gasteiger partial charge in [0.2, 0.25) is 0 Å². The molecule has 0 spiro atoms. The molecule has 3 atom stereocenters. The molecule has 0 bridgehead atoms. The second-order valence-corrected chi connectivity index (χ2v) is 9.01. The average Bonchev–Trinajstić information content (AvgIpc) is 2.63. The standard InChI is InChI=1S/C24H29Cl2N/c1-5-7-18-14-23(19-8-6-9-22(26)15-19)24(4,27(16-18)17(2)3)20-10-12-21(25)13-11-20/h5-6,8-13,15,17-18,23H,1,7,14,16H2,2-4H3/t18-,23+,24+/m0/s1. The summed E-state index contributed by atoms with van der Waals surface area (Å²) in [5.41, 5.74) is 2.49. The van der Waals surface area contributed by atoms with Gasteiger partial charge in [-0.15, -0.1) is 6.58 Å². The average molecular weight is 402 g/mol. The second kappa shape index (κ2) is 8.39. The van der Waals surface area contributed by atoms with Gasteiger partial charge >= 0.3 is 0 Å². The first-order valence-electron chi connectivity index (χ1n) is 9.75. The number of halogens is 2. The highest BCUT2D eigenvalue weighted by molar-refractivity contribution is 6.30. The summed E-state index contributed by atoms with van der Waals surface area (Å²) in [5.74, 6) is 0.938. The Morgan fingerprint density at radius 2 is 1.85 bits per heavy atom. The molecule has 1 aliphatic rings. The zero-order valence-electron chi connectivity index (χ0n) is 16.5. The van der Waals surface area contributed by atoms with Gasteiger partial charge in [-0.2, -0.15) is 0 Å². The molecule has 0 unspecified atom stereocenters. The molecule has 0 aromatic heterocycles. The van der Waals surface area contributed by atoms with Crippen LogP contribution in [-0.2, 0) is 5.54 Å². The van der Waals surface area contributed by atoms with Crippen molar-refractivity contribution in [2.45, 2.75) is 51.1 Å². The van der Waals surface area contributed by atoms with E-state index in [1.54, 1.807) is 0 Å². The number of likely N-dealkylation sites (tertiary alicyclic amines) is 1. The molecule has 0 amide bonds. The van der Waals surface area contributed by atoms with Crippen LogP contribution in [0.15, 0.2) is 61.2 Å². The lowest BCUT2D eigenvalue weighted by molar-refractivity contribution is -0.0157. The van der Waals surface area contributed by atoms with Gasteiger partial charge in [-0.3, -0.25) is 4.90 Å². The monoisotopic (exact) mass is 401 g/mol. The van der Waals surface area contributed by atoms with E-state index in [1.165, 1.54) is 11.1 Å². The van der Waals surface area contributed by atoms with Crippen LogP contribution in [0.25, 0.3) is 0 Å². The van der Waals surface area contributed by atoms with Crippen LogP contribution in [0.5, 0.6) is 0 Å². The van der Waals surface area contributed by atoms with Gasteiger partial charge < -0.3 is 0 Å². The minimum atomic E-state index is -0.124. The number of hydrogen-bond donors (Lipinski definition) is 0. The first kappa shape index (κ1) is 20.5. The largest absolute Gasteiger partial charge is 0.291 e. The fraction of sp³-hybridized carbons (Fsp3) is 0.417. The van der Waals surface area contributed by atoms with Crippen molar-refractivity contribution in [2.24, 2.45) is 5.92 Å². The number of piperidine rings is 1. The molecule has 27 heavy (non-hydrogen) atoms. The highest BCUT2D eigenvalue weighted by atomic mass is 35.5. The van der Waals surface area contributed by atoms with Crippen LogP contribution < -0.4 is 0 Å². The van der Waals surface area contributed by atoms with E-state index in [4.69, 9.17) is 23.2 Å². The predicted octanol–water partition coefficient (Wildman–Crippen LogP) is 7.30. The second-order valence-electron chi connectivity index (χ2n) is 8.13. The number of rotatable bonds is 5. The third kappa shape index (κ3) is 4.11. The lowest BCUT2D eigenvalue weighted by Crippen LogP contribution is -2.57. The highest BCUT2D eigenvalue weighted by Crippen LogP contribution is 2.50. The third-order valence-electron chi connectivity index (χ3n) is 6.10. The lowest BCUT2D eigenvalue weighted by atomic mass is 9.66. The highest BCUT2D eigenvalue weighted by Gasteiger charge is 2.47. The van der Waals surface area contributed by atoms with E-state index < -0.39 is 0 Å². The van der Waals surface area contributed by atoms with Gasteiger partial charge in [-0.05, 0) is 74.9 Å². The van der Waals surface area contributed by atoms with Gasteiger partial charge in [0.05, 0.1) is 5.54 Å². The van der Waals surface area contributed by atoms with Crippen LogP contribution in [0.4, 0.5) is 0 Å². The molecule has 0 aliphatic carbocycles. The van der Waals surface area contributed by atoms with Crippen molar-refractivity contribution in [1.29, 1.82) is 0 Å². The summed E-state index contributed by atoms with van der Waals surface area (Å²) in [6, 6.07) is 17.2. The molecule has 3 rings (SSSR count). The molecule has 3 heteroatoms. The Bertz CT molecular complexity index is 783. The Morgan fingerprint density at radius 3 is 2.44 bits per heavy atom. The number of allylic oxidation sites excluding steroid dienone is 1. The predicted molar refractivity (Wildman–Crippen MR) is 118 cm³/mol. The maximum Gasteiger partial charge on any atom is 0.0503 e. The van der Waals surface area contributed by atoms with Crippen LogP contribution in [0.3, 0.4) is 0 Å². The van der Waals surface area contributed by atoms with Crippen molar-refractivity contribution in [1.82, 2.24) is 4.90 Å². The molecule has 144 valence electrons. The van der Waals surface area contributed by atoms with Crippen molar-refractivity contribution in [3.05, 3.63) is 82.4 Å². The molecule has 1 nitrogen and oxygen atoms in total. The molecule has 0 saturated carbocycles. The third-order valence-corrected chi connectivity index (χ3v) is 6.59. The Kier molecular flexibility index (Phi) is 6.35. The number of nitrogens with zero attached hydrogens (tertiary/aromatic N) is 1. The van der Waals surface area contributed by atoms with E-state index in [-0.39, 0.29) is 5.54 Å². The number of hydrogen-bond acceptors (Lipinski definition) is 1. The van der Waals surface area contributed by atoms with E-state index in [0.717, 1.165) is 29.4 Å². The van der Waals surface area contributed by atoms with Crippen LogP contribution in [0, 0.1) is 5.92 Å². The summed E-state index contributed by atoms with van der Waals surface area (Å²) in [6.07, 6.45) is 4.22. The first-order chi connectivity index (χ1) is 12.9. The van der Waals surface area contributed by atoms with Gasteiger partial charge in [0.1, 0.15) is 0 Å². The Labute approximate surface area is 174 Å². The minimum absolute atomic E-state index is 0.124. The Hall–Kier alpha value is -1.28. The van der Waals surface area contributed by atoms with Crippen LogP contribution in [0.1, 0.15) is 50.7 Å². The fourth-order valence-corrected chi connectivity index (χ4v) is 5.12. The van der Waals surface area contributed by atoms with E-state index >= 15 is 0 Å². The summed E-state index contributed by atoms with van der Waals surface area (Å²) in [7, 11) is 0. The maximum absolute atomic E-state index is 6.37. The van der Waals surface area contributed by atoms with E-state index in [9.17, 15) is 0 Å². The zero-order valence-corrected chi connectivity index (χ0v) is 18.0. The van der Waals surface area contributed by atoms with Crippen molar-refractivity contribution < 1.29 is 0 Å². The zero-order chi connectivity index (χ0) is 19.6. The molecular formula is C24H29Cl2N. The molecule has 1 aliphatic heterocycles. The van der Waals surface area contributed by atoms with Crippen molar-refractivity contribution in [3.63, 3.8) is 0 Å². The topological polar surface area (TPSA) is 3.24 Å².